The van der Waals surface area contributed by atoms with Gasteiger partial charge in [0.05, 0.1) is 15.5 Å². The SMILES string of the molecule is CC1(NC(=O)c2cc([N+](=O)[O-])cc(S(N)(=O)=O)c2Cl)CC1. The van der Waals surface area contributed by atoms with Crippen LogP contribution in [-0.4, -0.2) is 24.8 Å². The van der Waals surface area contributed by atoms with Gasteiger partial charge in [0, 0.05) is 17.7 Å². The minimum atomic E-state index is -4.29. The number of amides is 1. The number of nitrogens with two attached hydrogens (primary N) is 1. The predicted octanol–water partition coefficient (Wildman–Crippen LogP) is 1.18. The smallest absolute Gasteiger partial charge is 0.271 e. The molecule has 3 N–H and O–H groups in total. The molecule has 0 atom stereocenters. The molecule has 0 aromatic heterocycles. The third kappa shape index (κ3) is 3.31. The van der Waals surface area contributed by atoms with Crippen molar-refractivity contribution in [1.29, 1.82) is 0 Å². The van der Waals surface area contributed by atoms with E-state index < -0.39 is 36.5 Å². The lowest BCUT2D eigenvalue weighted by molar-refractivity contribution is -0.385. The molecule has 1 aliphatic rings. The fraction of sp³-hybridized carbons (Fsp3) is 0.364. The quantitative estimate of drug-likeness (QED) is 0.630. The summed E-state index contributed by atoms with van der Waals surface area (Å²) in [6, 6.07) is 1.66. The Morgan fingerprint density at radius 3 is 2.48 bits per heavy atom. The Balaban J connectivity index is 2.56. The van der Waals surface area contributed by atoms with E-state index in [1.807, 2.05) is 0 Å². The molecule has 0 aliphatic heterocycles. The van der Waals surface area contributed by atoms with Gasteiger partial charge in [-0.2, -0.15) is 0 Å². The van der Waals surface area contributed by atoms with Crippen LogP contribution in [0.2, 0.25) is 5.02 Å². The van der Waals surface area contributed by atoms with Gasteiger partial charge in [0.2, 0.25) is 10.0 Å². The fourth-order valence-corrected chi connectivity index (χ4v) is 2.88. The number of nitro benzene ring substituents is 1. The lowest BCUT2D eigenvalue weighted by Crippen LogP contribution is -2.34. The number of non-ortho nitro benzene ring substituents is 1. The predicted molar refractivity (Wildman–Crippen MR) is 74.6 cm³/mol. The second kappa shape index (κ2) is 4.93. The molecule has 0 saturated heterocycles. The van der Waals surface area contributed by atoms with Gasteiger partial charge in [-0.25, -0.2) is 13.6 Å². The molecule has 114 valence electrons. The maximum atomic E-state index is 12.1. The first kappa shape index (κ1) is 15.7. The van der Waals surface area contributed by atoms with E-state index in [1.54, 1.807) is 6.92 Å². The second-order valence-electron chi connectivity index (χ2n) is 5.12. The van der Waals surface area contributed by atoms with Crippen molar-refractivity contribution in [2.24, 2.45) is 5.14 Å². The lowest BCUT2D eigenvalue weighted by Gasteiger charge is -2.13. The van der Waals surface area contributed by atoms with Crippen molar-refractivity contribution in [3.8, 4) is 0 Å². The van der Waals surface area contributed by atoms with Gasteiger partial charge in [0.1, 0.15) is 4.90 Å². The van der Waals surface area contributed by atoms with Crippen molar-refractivity contribution in [3.63, 3.8) is 0 Å². The summed E-state index contributed by atoms with van der Waals surface area (Å²) in [5.41, 5.74) is -1.25. The zero-order valence-electron chi connectivity index (χ0n) is 10.9. The molecular formula is C11H12ClN3O5S. The highest BCUT2D eigenvalue weighted by molar-refractivity contribution is 7.89. The number of sulfonamides is 1. The first-order valence-corrected chi connectivity index (χ1v) is 7.79. The van der Waals surface area contributed by atoms with E-state index in [1.165, 1.54) is 0 Å². The number of carbonyl (C=O) groups excluding carboxylic acids is 1. The van der Waals surface area contributed by atoms with Crippen molar-refractivity contribution in [1.82, 2.24) is 5.32 Å². The van der Waals surface area contributed by atoms with E-state index in [2.05, 4.69) is 5.32 Å². The van der Waals surface area contributed by atoms with Crippen molar-refractivity contribution in [2.45, 2.75) is 30.2 Å². The molecular weight excluding hydrogens is 322 g/mol. The van der Waals surface area contributed by atoms with E-state index >= 15 is 0 Å². The van der Waals surface area contributed by atoms with E-state index in [0.717, 1.165) is 25.0 Å². The molecule has 0 bridgehead atoms. The minimum Gasteiger partial charge on any atom is -0.347 e. The number of primary sulfonamides is 1. The van der Waals surface area contributed by atoms with E-state index in [9.17, 15) is 23.3 Å². The van der Waals surface area contributed by atoms with Crippen molar-refractivity contribution in [2.75, 3.05) is 0 Å². The number of nitrogens with one attached hydrogen (secondary N) is 1. The Bertz CT molecular complexity index is 742. The minimum absolute atomic E-state index is 0.289. The van der Waals surface area contributed by atoms with Crippen LogP contribution in [0.25, 0.3) is 0 Å². The van der Waals surface area contributed by atoms with Crippen LogP contribution >= 0.6 is 11.6 Å². The average molecular weight is 334 g/mol. The van der Waals surface area contributed by atoms with Gasteiger partial charge >= 0.3 is 0 Å². The Labute approximate surface area is 125 Å². The number of rotatable bonds is 4. The van der Waals surface area contributed by atoms with Gasteiger partial charge in [-0.3, -0.25) is 14.9 Å². The number of benzene rings is 1. The van der Waals surface area contributed by atoms with E-state index in [-0.39, 0.29) is 11.1 Å². The van der Waals surface area contributed by atoms with Crippen LogP contribution < -0.4 is 10.5 Å². The van der Waals surface area contributed by atoms with E-state index in [4.69, 9.17) is 16.7 Å². The summed E-state index contributed by atoms with van der Waals surface area (Å²) < 4.78 is 22.9. The van der Waals surface area contributed by atoms with Crippen LogP contribution in [0.5, 0.6) is 0 Å². The summed E-state index contributed by atoms with van der Waals surface area (Å²) in [6.07, 6.45) is 1.54. The van der Waals surface area contributed by atoms with Gasteiger partial charge in [0.25, 0.3) is 11.6 Å². The topological polar surface area (TPSA) is 132 Å². The molecule has 1 amide bonds. The van der Waals surface area contributed by atoms with Crippen LogP contribution in [0, 0.1) is 10.1 Å². The average Bonchev–Trinajstić information content (AvgIpc) is 3.04. The largest absolute Gasteiger partial charge is 0.347 e. The number of nitrogens with zero attached hydrogens (tertiary/aromatic N) is 1. The zero-order valence-corrected chi connectivity index (χ0v) is 12.5. The molecule has 1 aliphatic carbocycles. The molecule has 1 aromatic carbocycles. The Hall–Kier alpha value is -1.71. The summed E-state index contributed by atoms with van der Waals surface area (Å²) >= 11 is 5.87. The lowest BCUT2D eigenvalue weighted by atomic mass is 10.1. The summed E-state index contributed by atoms with van der Waals surface area (Å²) in [5.74, 6) is -0.673. The molecule has 21 heavy (non-hydrogen) atoms. The summed E-state index contributed by atoms with van der Waals surface area (Å²) in [5, 5.41) is 18.1. The second-order valence-corrected chi connectivity index (χ2v) is 7.03. The monoisotopic (exact) mass is 333 g/mol. The van der Waals surface area contributed by atoms with Gasteiger partial charge in [-0.05, 0) is 19.8 Å². The van der Waals surface area contributed by atoms with Crippen LogP contribution in [0.15, 0.2) is 17.0 Å². The standard InChI is InChI=1S/C11H12ClN3O5S/c1-11(2-3-11)14-10(16)7-4-6(15(17)18)5-8(9(7)12)21(13,19)20/h4-5H,2-3H2,1H3,(H,14,16)(H2,13,19,20). The Morgan fingerprint density at radius 2 is 2.05 bits per heavy atom. The van der Waals surface area contributed by atoms with Crippen LogP contribution in [-0.2, 0) is 10.0 Å². The molecule has 1 saturated carbocycles. The molecule has 0 heterocycles. The zero-order chi connectivity index (χ0) is 16.0. The van der Waals surface area contributed by atoms with Gasteiger partial charge in [-0.15, -0.1) is 0 Å². The van der Waals surface area contributed by atoms with Gasteiger partial charge in [0.15, 0.2) is 0 Å². The summed E-state index contributed by atoms with van der Waals surface area (Å²) in [7, 11) is -4.29. The van der Waals surface area contributed by atoms with Crippen LogP contribution in [0.4, 0.5) is 5.69 Å². The van der Waals surface area contributed by atoms with Crippen LogP contribution in [0.1, 0.15) is 30.1 Å². The number of halogens is 1. The summed E-state index contributed by atoms with van der Waals surface area (Å²) in [4.78, 5) is 21.5. The highest BCUT2D eigenvalue weighted by atomic mass is 35.5. The van der Waals surface area contributed by atoms with Crippen molar-refractivity contribution < 1.29 is 18.1 Å². The fourth-order valence-electron chi connectivity index (χ4n) is 1.71. The van der Waals surface area contributed by atoms with Gasteiger partial charge < -0.3 is 5.32 Å². The number of hydrogen-bond acceptors (Lipinski definition) is 5. The molecule has 1 fully saturated rings. The highest BCUT2D eigenvalue weighted by Crippen LogP contribution is 2.36. The molecule has 1 aromatic rings. The maximum Gasteiger partial charge on any atom is 0.271 e. The van der Waals surface area contributed by atoms with E-state index in [0.29, 0.717) is 0 Å². The molecule has 0 spiro atoms. The molecule has 8 nitrogen and oxygen atoms in total. The van der Waals surface area contributed by atoms with Gasteiger partial charge in [-0.1, -0.05) is 11.6 Å². The summed E-state index contributed by atoms with van der Waals surface area (Å²) in [6.45, 7) is 1.80. The highest BCUT2D eigenvalue weighted by Gasteiger charge is 2.39. The molecule has 0 unspecified atom stereocenters. The molecule has 2 rings (SSSR count). The maximum absolute atomic E-state index is 12.1. The third-order valence-electron chi connectivity index (χ3n) is 3.20. The van der Waals surface area contributed by atoms with Crippen molar-refractivity contribution >= 4 is 33.2 Å². The Morgan fingerprint density at radius 1 is 1.48 bits per heavy atom. The first-order chi connectivity index (χ1) is 9.53. The number of carbonyl (C=O) groups is 1. The molecule has 10 heteroatoms. The normalized spacial score (nSPS) is 16.3. The first-order valence-electron chi connectivity index (χ1n) is 5.87. The number of nitro groups is 1. The Kier molecular flexibility index (Phi) is 3.68. The van der Waals surface area contributed by atoms with Crippen LogP contribution in [0.3, 0.4) is 0 Å². The number of hydrogen-bond donors (Lipinski definition) is 2. The molecule has 0 radical (unpaired) electrons. The third-order valence-corrected chi connectivity index (χ3v) is 4.66. The van der Waals surface area contributed by atoms with Crippen molar-refractivity contribution in [3.05, 3.63) is 32.8 Å².